The van der Waals surface area contributed by atoms with E-state index in [1.807, 2.05) is 13.8 Å². The molecule has 26 heavy (non-hydrogen) atoms. The van der Waals surface area contributed by atoms with Gasteiger partial charge in [0.25, 0.3) is 5.56 Å². The summed E-state index contributed by atoms with van der Waals surface area (Å²) >= 11 is 0. The molecule has 0 saturated carbocycles. The van der Waals surface area contributed by atoms with Gasteiger partial charge in [0.2, 0.25) is 5.78 Å². The lowest BCUT2D eigenvalue weighted by Crippen LogP contribution is -2.22. The minimum Gasteiger partial charge on any atom is -0.454 e. The molecule has 1 saturated heterocycles. The number of Topliss-reactive ketones (excluding diaryl/α,β-unsaturated/α-hetero) is 1. The van der Waals surface area contributed by atoms with Crippen LogP contribution in [-0.2, 0) is 16.0 Å². The van der Waals surface area contributed by atoms with E-state index in [2.05, 4.69) is 9.55 Å². The molecule has 0 unspecified atom stereocenters. The number of ether oxygens (including phenoxy) is 2. The molecule has 138 valence electrons. The summed E-state index contributed by atoms with van der Waals surface area (Å²) in [5.74, 6) is -1.11. The Kier molecular flexibility index (Phi) is 5.37. The van der Waals surface area contributed by atoms with E-state index in [0.717, 1.165) is 30.8 Å². The second kappa shape index (κ2) is 7.70. The zero-order chi connectivity index (χ0) is 18.7. The summed E-state index contributed by atoms with van der Waals surface area (Å²) in [7, 11) is 0. The van der Waals surface area contributed by atoms with Crippen LogP contribution in [0.15, 0.2) is 29.2 Å². The Balaban J connectivity index is 1.67. The Morgan fingerprint density at radius 1 is 1.35 bits per heavy atom. The van der Waals surface area contributed by atoms with E-state index in [-0.39, 0.29) is 17.5 Å². The molecule has 1 N–H and O–H groups in total. The highest BCUT2D eigenvalue weighted by atomic mass is 16.5. The van der Waals surface area contributed by atoms with E-state index >= 15 is 0 Å². The van der Waals surface area contributed by atoms with Crippen molar-refractivity contribution >= 4 is 11.8 Å². The maximum Gasteiger partial charge on any atom is 0.344 e. The number of nitrogens with one attached hydrogen (secondary N) is 1. The summed E-state index contributed by atoms with van der Waals surface area (Å²) in [5.41, 5.74) is 1.66. The number of nitrogens with zero attached hydrogens (tertiary/aromatic N) is 1. The van der Waals surface area contributed by atoms with Gasteiger partial charge < -0.3 is 19.0 Å². The van der Waals surface area contributed by atoms with E-state index in [9.17, 15) is 14.4 Å². The van der Waals surface area contributed by atoms with Gasteiger partial charge in [0, 0.05) is 36.3 Å². The number of rotatable bonds is 6. The topological polar surface area (TPSA) is 90.4 Å². The van der Waals surface area contributed by atoms with Gasteiger partial charge >= 0.3 is 5.97 Å². The smallest absolute Gasteiger partial charge is 0.344 e. The minimum absolute atomic E-state index is 0.121. The number of H-pyrrole nitrogens is 1. The number of ketones is 1. The average molecular weight is 358 g/mol. The highest BCUT2D eigenvalue weighted by Gasteiger charge is 2.22. The van der Waals surface area contributed by atoms with Crippen molar-refractivity contribution in [3.63, 3.8) is 0 Å². The van der Waals surface area contributed by atoms with Gasteiger partial charge in [0.05, 0.1) is 6.10 Å². The van der Waals surface area contributed by atoms with Gasteiger partial charge in [-0.1, -0.05) is 0 Å². The van der Waals surface area contributed by atoms with Crippen molar-refractivity contribution in [1.82, 2.24) is 9.55 Å². The van der Waals surface area contributed by atoms with E-state index in [0.29, 0.717) is 12.1 Å². The van der Waals surface area contributed by atoms with Crippen LogP contribution in [0.3, 0.4) is 0 Å². The fraction of sp³-hybridized carbons (Fsp3) is 0.421. The van der Waals surface area contributed by atoms with Crippen molar-refractivity contribution in [1.29, 1.82) is 0 Å². The fourth-order valence-electron chi connectivity index (χ4n) is 3.23. The minimum atomic E-state index is -0.812. The molecule has 1 aliphatic heterocycles. The molecule has 1 aliphatic rings. The standard InChI is InChI=1S/C19H22N2O5/c1-12-9-16(13(2)21(12)10-14-5-4-8-25-14)17(22)11-26-19(24)15-6-3-7-20-18(15)23/h3,6-7,9,14H,4-5,8,10-11H2,1-2H3,(H,20,23)/t14-/m1/s1. The third-order valence-corrected chi connectivity index (χ3v) is 4.66. The predicted octanol–water partition coefficient (Wildman–Crippen LogP) is 2.01. The summed E-state index contributed by atoms with van der Waals surface area (Å²) < 4.78 is 12.8. The Bertz CT molecular complexity index is 874. The number of carbonyl (C=O) groups excluding carboxylic acids is 2. The molecule has 7 heteroatoms. The predicted molar refractivity (Wildman–Crippen MR) is 94.6 cm³/mol. The van der Waals surface area contributed by atoms with Crippen molar-refractivity contribution in [2.45, 2.75) is 39.3 Å². The normalized spacial score (nSPS) is 16.6. The monoisotopic (exact) mass is 358 g/mol. The lowest BCUT2D eigenvalue weighted by molar-refractivity contribution is 0.0472. The van der Waals surface area contributed by atoms with Crippen LogP contribution in [0.4, 0.5) is 0 Å². The van der Waals surface area contributed by atoms with E-state index in [4.69, 9.17) is 9.47 Å². The number of carbonyl (C=O) groups is 2. The van der Waals surface area contributed by atoms with E-state index < -0.39 is 18.1 Å². The van der Waals surface area contributed by atoms with Crippen molar-refractivity contribution in [2.75, 3.05) is 13.2 Å². The van der Waals surface area contributed by atoms with Crippen LogP contribution < -0.4 is 5.56 Å². The van der Waals surface area contributed by atoms with Crippen molar-refractivity contribution in [2.24, 2.45) is 0 Å². The summed E-state index contributed by atoms with van der Waals surface area (Å²) in [5, 5.41) is 0. The van der Waals surface area contributed by atoms with Crippen LogP contribution in [0.5, 0.6) is 0 Å². The molecule has 0 radical (unpaired) electrons. The molecular weight excluding hydrogens is 336 g/mol. The molecule has 1 fully saturated rings. The number of hydrogen-bond acceptors (Lipinski definition) is 5. The van der Waals surface area contributed by atoms with Gasteiger partial charge in [-0.3, -0.25) is 9.59 Å². The van der Waals surface area contributed by atoms with Crippen molar-refractivity contribution in [3.05, 3.63) is 57.3 Å². The zero-order valence-electron chi connectivity index (χ0n) is 14.9. The van der Waals surface area contributed by atoms with Crippen LogP contribution in [0.1, 0.15) is 44.9 Å². The number of aryl methyl sites for hydroxylation is 1. The Hall–Kier alpha value is -2.67. The Labute approximate surface area is 150 Å². The van der Waals surface area contributed by atoms with Gasteiger partial charge in [-0.05, 0) is 44.9 Å². The number of aromatic nitrogens is 2. The van der Waals surface area contributed by atoms with Crippen LogP contribution in [-0.4, -0.2) is 40.6 Å². The van der Waals surface area contributed by atoms with Crippen LogP contribution in [0, 0.1) is 13.8 Å². The molecule has 0 aromatic carbocycles. The molecule has 3 heterocycles. The first kappa shape index (κ1) is 18.1. The number of esters is 1. The van der Waals surface area contributed by atoms with Gasteiger partial charge in [-0.2, -0.15) is 0 Å². The van der Waals surface area contributed by atoms with Gasteiger partial charge in [0.15, 0.2) is 6.61 Å². The number of aromatic amines is 1. The third-order valence-electron chi connectivity index (χ3n) is 4.66. The van der Waals surface area contributed by atoms with Gasteiger partial charge in [-0.15, -0.1) is 0 Å². The quantitative estimate of drug-likeness (QED) is 0.630. The molecule has 0 aliphatic carbocycles. The summed E-state index contributed by atoms with van der Waals surface area (Å²) in [6.07, 6.45) is 3.67. The van der Waals surface area contributed by atoms with Crippen LogP contribution >= 0.6 is 0 Å². The maximum atomic E-state index is 12.5. The first-order valence-electron chi connectivity index (χ1n) is 8.63. The Morgan fingerprint density at radius 3 is 2.85 bits per heavy atom. The molecule has 0 spiro atoms. The summed E-state index contributed by atoms with van der Waals surface area (Å²) in [6.45, 7) is 4.90. The number of pyridine rings is 1. The molecular formula is C19H22N2O5. The summed E-state index contributed by atoms with van der Waals surface area (Å²) in [6, 6.07) is 4.69. The molecule has 2 aromatic rings. The highest BCUT2D eigenvalue weighted by Crippen LogP contribution is 2.20. The van der Waals surface area contributed by atoms with E-state index in [1.165, 1.54) is 18.3 Å². The summed E-state index contributed by atoms with van der Waals surface area (Å²) in [4.78, 5) is 38.4. The Morgan fingerprint density at radius 2 is 2.15 bits per heavy atom. The third kappa shape index (κ3) is 3.77. The lowest BCUT2D eigenvalue weighted by Gasteiger charge is -2.14. The largest absolute Gasteiger partial charge is 0.454 e. The molecule has 2 aromatic heterocycles. The lowest BCUT2D eigenvalue weighted by atomic mass is 10.1. The van der Waals surface area contributed by atoms with Crippen molar-refractivity contribution < 1.29 is 19.1 Å². The number of hydrogen-bond donors (Lipinski definition) is 1. The van der Waals surface area contributed by atoms with E-state index in [1.54, 1.807) is 6.07 Å². The highest BCUT2D eigenvalue weighted by molar-refractivity contribution is 6.00. The molecule has 7 nitrogen and oxygen atoms in total. The van der Waals surface area contributed by atoms with Gasteiger partial charge in [0.1, 0.15) is 5.56 Å². The first-order chi connectivity index (χ1) is 12.5. The SMILES string of the molecule is Cc1cc(C(=O)COC(=O)c2ccc[nH]c2=O)c(C)n1C[C@H]1CCCO1. The molecule has 0 amide bonds. The molecule has 1 atom stereocenters. The van der Waals surface area contributed by atoms with Crippen LogP contribution in [0.25, 0.3) is 0 Å². The molecule has 0 bridgehead atoms. The van der Waals surface area contributed by atoms with Gasteiger partial charge in [-0.25, -0.2) is 4.79 Å². The first-order valence-corrected chi connectivity index (χ1v) is 8.63. The fourth-order valence-corrected chi connectivity index (χ4v) is 3.23. The van der Waals surface area contributed by atoms with Crippen molar-refractivity contribution in [3.8, 4) is 0 Å². The van der Waals surface area contributed by atoms with Crippen LogP contribution in [0.2, 0.25) is 0 Å². The average Bonchev–Trinajstić information content (AvgIpc) is 3.23. The second-order valence-corrected chi connectivity index (χ2v) is 6.44. The molecule has 3 rings (SSSR count). The second-order valence-electron chi connectivity index (χ2n) is 6.44. The zero-order valence-corrected chi connectivity index (χ0v) is 14.9. The maximum absolute atomic E-state index is 12.5.